The highest BCUT2D eigenvalue weighted by Crippen LogP contribution is 2.00. The summed E-state index contributed by atoms with van der Waals surface area (Å²) in [5.41, 5.74) is 0. The summed E-state index contributed by atoms with van der Waals surface area (Å²) in [7, 11) is 0. The van der Waals surface area contributed by atoms with Crippen molar-refractivity contribution in [3.05, 3.63) is 60.8 Å². The lowest BCUT2D eigenvalue weighted by Gasteiger charge is -1.98. The van der Waals surface area contributed by atoms with Crippen LogP contribution in [0.4, 0.5) is 0 Å². The molecule has 2 nitrogen and oxygen atoms in total. The number of allylic oxidation sites excluding steroid dienone is 10. The minimum atomic E-state index is -0.0927. The molecule has 0 fully saturated rings. The molecule has 0 aromatic carbocycles. The predicted molar refractivity (Wildman–Crippen MR) is 105 cm³/mol. The van der Waals surface area contributed by atoms with E-state index >= 15 is 0 Å². The lowest BCUT2D eigenvalue weighted by Crippen LogP contribution is -2.02. The molecule has 0 aromatic rings. The Morgan fingerprint density at radius 3 is 1.62 bits per heavy atom. The van der Waals surface area contributed by atoms with E-state index in [4.69, 9.17) is 4.74 Å². The van der Waals surface area contributed by atoms with Crippen LogP contribution < -0.4 is 0 Å². The molecule has 24 heavy (non-hydrogen) atoms. The predicted octanol–water partition coefficient (Wildman–Crippen LogP) is 6.47. The van der Waals surface area contributed by atoms with Gasteiger partial charge >= 0.3 is 5.97 Å². The van der Waals surface area contributed by atoms with Gasteiger partial charge in [0.15, 0.2) is 0 Å². The molecule has 0 bridgehead atoms. The third kappa shape index (κ3) is 18.2. The van der Waals surface area contributed by atoms with Gasteiger partial charge in [-0.25, -0.2) is 0 Å². The number of carbonyl (C=O) groups is 1. The molecule has 0 atom stereocenters. The van der Waals surface area contributed by atoms with E-state index in [-0.39, 0.29) is 5.97 Å². The third-order valence-electron chi connectivity index (χ3n) is 3.21. The zero-order valence-corrected chi connectivity index (χ0v) is 15.5. The molecule has 0 aliphatic rings. The maximum absolute atomic E-state index is 11.1. The molecule has 0 amide bonds. The largest absolute Gasteiger partial charge is 0.466 e. The maximum Gasteiger partial charge on any atom is 0.305 e. The quantitative estimate of drug-likeness (QED) is 0.207. The van der Waals surface area contributed by atoms with E-state index in [2.05, 4.69) is 67.7 Å². The zero-order valence-electron chi connectivity index (χ0n) is 15.5. The third-order valence-corrected chi connectivity index (χ3v) is 3.21. The Bertz CT molecular complexity index is 425. The molecule has 0 radical (unpaired) electrons. The fraction of sp³-hybridized carbons (Fsp3) is 0.500. The number of hydrogen-bond acceptors (Lipinski definition) is 2. The molecule has 0 N–H and O–H groups in total. The molecule has 0 aromatic heterocycles. The molecule has 0 aliphatic heterocycles. The minimum Gasteiger partial charge on any atom is -0.466 e. The highest BCUT2D eigenvalue weighted by molar-refractivity contribution is 5.69. The van der Waals surface area contributed by atoms with Crippen LogP contribution in [0, 0.1) is 0 Å². The van der Waals surface area contributed by atoms with E-state index in [9.17, 15) is 4.79 Å². The first kappa shape index (κ1) is 22.2. The first-order valence-electron chi connectivity index (χ1n) is 9.21. The van der Waals surface area contributed by atoms with Crippen LogP contribution in [0.3, 0.4) is 0 Å². The Labute approximate surface area is 148 Å². The molecule has 0 saturated carbocycles. The van der Waals surface area contributed by atoms with Gasteiger partial charge in [-0.3, -0.25) is 4.79 Å². The SMILES string of the molecule is CC/C=C/C/C=C\C/C=C\C/C=C\C/C=C\CCCC(=O)OCC. The number of hydrogen-bond donors (Lipinski definition) is 0. The van der Waals surface area contributed by atoms with Gasteiger partial charge in [0, 0.05) is 6.42 Å². The second kappa shape index (κ2) is 19.2. The van der Waals surface area contributed by atoms with Crippen LogP contribution in [0.2, 0.25) is 0 Å². The fourth-order valence-electron chi connectivity index (χ4n) is 1.97. The Morgan fingerprint density at radius 1 is 0.708 bits per heavy atom. The van der Waals surface area contributed by atoms with Crippen molar-refractivity contribution in [2.45, 2.75) is 65.2 Å². The molecule has 2 heteroatoms. The Balaban J connectivity index is 3.48. The van der Waals surface area contributed by atoms with E-state index in [1.807, 2.05) is 6.92 Å². The second-order valence-corrected chi connectivity index (χ2v) is 5.41. The second-order valence-electron chi connectivity index (χ2n) is 5.41. The van der Waals surface area contributed by atoms with Crippen LogP contribution in [0.15, 0.2) is 60.8 Å². The summed E-state index contributed by atoms with van der Waals surface area (Å²) in [6, 6.07) is 0. The summed E-state index contributed by atoms with van der Waals surface area (Å²) < 4.78 is 4.88. The summed E-state index contributed by atoms with van der Waals surface area (Å²) in [6.07, 6.45) is 29.3. The highest BCUT2D eigenvalue weighted by atomic mass is 16.5. The molecule has 0 saturated heterocycles. The molecular weight excluding hydrogens is 296 g/mol. The van der Waals surface area contributed by atoms with Crippen molar-refractivity contribution in [2.75, 3.05) is 6.61 Å². The van der Waals surface area contributed by atoms with Crippen LogP contribution in [0.25, 0.3) is 0 Å². The summed E-state index contributed by atoms with van der Waals surface area (Å²) in [5.74, 6) is -0.0927. The molecule has 0 unspecified atom stereocenters. The van der Waals surface area contributed by atoms with E-state index in [0.29, 0.717) is 13.0 Å². The zero-order chi connectivity index (χ0) is 17.7. The van der Waals surface area contributed by atoms with Gasteiger partial charge < -0.3 is 4.74 Å². The molecule has 0 aliphatic carbocycles. The normalized spacial score (nSPS) is 12.6. The van der Waals surface area contributed by atoms with Crippen molar-refractivity contribution in [3.63, 3.8) is 0 Å². The van der Waals surface area contributed by atoms with Crippen molar-refractivity contribution < 1.29 is 9.53 Å². The van der Waals surface area contributed by atoms with Crippen molar-refractivity contribution in [3.8, 4) is 0 Å². The molecule has 0 heterocycles. The van der Waals surface area contributed by atoms with Gasteiger partial charge in [-0.05, 0) is 51.9 Å². The van der Waals surface area contributed by atoms with Crippen molar-refractivity contribution >= 4 is 5.97 Å². The number of unbranched alkanes of at least 4 members (excludes halogenated alkanes) is 1. The summed E-state index contributed by atoms with van der Waals surface area (Å²) >= 11 is 0. The van der Waals surface area contributed by atoms with Crippen LogP contribution in [0.5, 0.6) is 0 Å². The van der Waals surface area contributed by atoms with Gasteiger partial charge in [0.25, 0.3) is 0 Å². The number of rotatable bonds is 14. The highest BCUT2D eigenvalue weighted by Gasteiger charge is 1.98. The lowest BCUT2D eigenvalue weighted by atomic mass is 10.2. The fourth-order valence-corrected chi connectivity index (χ4v) is 1.97. The van der Waals surface area contributed by atoms with Gasteiger partial charge in [0.2, 0.25) is 0 Å². The van der Waals surface area contributed by atoms with E-state index in [0.717, 1.165) is 44.9 Å². The van der Waals surface area contributed by atoms with Gasteiger partial charge in [-0.15, -0.1) is 0 Å². The minimum absolute atomic E-state index is 0.0927. The molecule has 0 rings (SSSR count). The average molecular weight is 331 g/mol. The van der Waals surface area contributed by atoms with Crippen LogP contribution in [-0.4, -0.2) is 12.6 Å². The van der Waals surface area contributed by atoms with E-state index in [1.54, 1.807) is 0 Å². The van der Waals surface area contributed by atoms with Crippen molar-refractivity contribution in [1.82, 2.24) is 0 Å². The monoisotopic (exact) mass is 330 g/mol. The molecule has 0 spiro atoms. The lowest BCUT2D eigenvalue weighted by molar-refractivity contribution is -0.143. The van der Waals surface area contributed by atoms with Crippen molar-refractivity contribution in [2.24, 2.45) is 0 Å². The summed E-state index contributed by atoms with van der Waals surface area (Å²) in [5, 5.41) is 0. The van der Waals surface area contributed by atoms with Gasteiger partial charge in [0.05, 0.1) is 6.61 Å². The molecule has 134 valence electrons. The van der Waals surface area contributed by atoms with E-state index < -0.39 is 0 Å². The Hall–Kier alpha value is -1.83. The number of esters is 1. The first-order valence-corrected chi connectivity index (χ1v) is 9.21. The Morgan fingerprint density at radius 2 is 1.17 bits per heavy atom. The average Bonchev–Trinajstić information content (AvgIpc) is 2.58. The van der Waals surface area contributed by atoms with Crippen molar-refractivity contribution in [1.29, 1.82) is 0 Å². The van der Waals surface area contributed by atoms with Gasteiger partial charge in [0.1, 0.15) is 0 Å². The molecular formula is C22H34O2. The smallest absolute Gasteiger partial charge is 0.305 e. The van der Waals surface area contributed by atoms with Crippen LogP contribution >= 0.6 is 0 Å². The number of ether oxygens (including phenoxy) is 1. The first-order chi connectivity index (χ1) is 11.8. The number of carbonyl (C=O) groups excluding carboxylic acids is 1. The summed E-state index contributed by atoms with van der Waals surface area (Å²) in [6.45, 7) is 4.46. The van der Waals surface area contributed by atoms with E-state index in [1.165, 1.54) is 0 Å². The summed E-state index contributed by atoms with van der Waals surface area (Å²) in [4.78, 5) is 11.1. The topological polar surface area (TPSA) is 26.3 Å². The van der Waals surface area contributed by atoms with Crippen LogP contribution in [-0.2, 0) is 9.53 Å². The van der Waals surface area contributed by atoms with Gasteiger partial charge in [-0.1, -0.05) is 67.7 Å². The maximum atomic E-state index is 11.1. The van der Waals surface area contributed by atoms with Gasteiger partial charge in [-0.2, -0.15) is 0 Å². The van der Waals surface area contributed by atoms with Crippen LogP contribution in [0.1, 0.15) is 65.2 Å². The Kier molecular flexibility index (Phi) is 17.8. The standard InChI is InChI=1S/C22H34O2/c1-3-5-6-7-8-9-10-11-12-13-14-15-16-17-18-19-20-21-22(23)24-4-2/h5-6,8-9,11-12,14-15,17-18H,3-4,7,10,13,16,19-21H2,1-2H3/b6-5+,9-8-,12-11-,15-14-,18-17-.